The van der Waals surface area contributed by atoms with Crippen LogP contribution in [-0.2, 0) is 10.0 Å². The van der Waals surface area contributed by atoms with E-state index in [0.717, 1.165) is 22.6 Å². The van der Waals surface area contributed by atoms with Gasteiger partial charge in [0.05, 0.1) is 28.0 Å². The fourth-order valence-electron chi connectivity index (χ4n) is 4.84. The van der Waals surface area contributed by atoms with Crippen LogP contribution in [0.3, 0.4) is 0 Å². The first-order valence-corrected chi connectivity index (χ1v) is 14.8. The number of carbonyl (C=O) groups is 1. The number of phenolic OH excluding ortho intramolecular Hbond substituents is 1. The predicted octanol–water partition coefficient (Wildman–Crippen LogP) is 4.54. The minimum absolute atomic E-state index is 0.0159. The molecule has 3 N–H and O–H groups in total. The van der Waals surface area contributed by atoms with Crippen LogP contribution in [0.15, 0.2) is 77.3 Å². The highest BCUT2D eigenvalue weighted by Crippen LogP contribution is 2.35. The number of phenols is 1. The van der Waals surface area contributed by atoms with Crippen LogP contribution in [0.5, 0.6) is 5.75 Å². The molecule has 0 amide bonds. The van der Waals surface area contributed by atoms with Crippen molar-refractivity contribution in [2.45, 2.75) is 30.3 Å². The van der Waals surface area contributed by atoms with Crippen LogP contribution in [0, 0.1) is 0 Å². The Balaban J connectivity index is 1.33. The third kappa shape index (κ3) is 4.78. The number of piperidine rings is 1. The normalized spacial score (nSPS) is 16.2. The zero-order valence-electron chi connectivity index (χ0n) is 21.0. The second kappa shape index (κ2) is 10.3. The Hall–Kier alpha value is -4.33. The number of sulfonamides is 1. The van der Waals surface area contributed by atoms with Crippen LogP contribution in [0.4, 0.5) is 5.95 Å². The lowest BCUT2D eigenvalue weighted by molar-refractivity contribution is 0.0696. The molecular weight excluding hydrogens is 552 g/mol. The average molecular weight is 577 g/mol. The summed E-state index contributed by atoms with van der Waals surface area (Å²) in [6.45, 7) is 0.306. The van der Waals surface area contributed by atoms with Crippen LogP contribution in [-0.4, -0.2) is 61.0 Å². The molecule has 1 fully saturated rings. The minimum atomic E-state index is -3.91. The van der Waals surface area contributed by atoms with Gasteiger partial charge in [-0.05, 0) is 61.7 Å². The fraction of sp³-hybridized carbons (Fsp3) is 0.185. The maximum Gasteiger partial charge on any atom is 0.335 e. The van der Waals surface area contributed by atoms with Crippen molar-refractivity contribution in [3.63, 3.8) is 0 Å². The summed E-state index contributed by atoms with van der Waals surface area (Å²) in [6.07, 6.45) is 4.98. The first kappa shape index (κ1) is 25.9. The SMILES string of the molecule is O=C(O)c1ccc(S(=O)(=O)N2CCCC[C@@H]2Nc2nccc(-c3c(-c4cccc(O)c4)nc4sccn34)n2)cc1. The van der Waals surface area contributed by atoms with Gasteiger partial charge in [0.1, 0.15) is 11.4 Å². The van der Waals surface area contributed by atoms with Gasteiger partial charge < -0.3 is 15.5 Å². The van der Waals surface area contributed by atoms with Crippen LogP contribution in [0.25, 0.3) is 27.6 Å². The van der Waals surface area contributed by atoms with Gasteiger partial charge in [0, 0.05) is 29.9 Å². The molecule has 204 valence electrons. The smallest absolute Gasteiger partial charge is 0.335 e. The Kier molecular flexibility index (Phi) is 6.70. The Labute approximate surface area is 233 Å². The van der Waals surface area contributed by atoms with E-state index >= 15 is 0 Å². The van der Waals surface area contributed by atoms with Crippen molar-refractivity contribution in [1.82, 2.24) is 23.7 Å². The van der Waals surface area contributed by atoms with Gasteiger partial charge in [-0.1, -0.05) is 12.1 Å². The first-order chi connectivity index (χ1) is 19.3. The number of thiazole rings is 1. The summed E-state index contributed by atoms with van der Waals surface area (Å²) in [5.41, 5.74) is 2.70. The molecule has 0 aliphatic carbocycles. The van der Waals surface area contributed by atoms with Crippen molar-refractivity contribution < 1.29 is 23.4 Å². The number of aromatic hydroxyl groups is 1. The third-order valence-corrected chi connectivity index (χ3v) is 9.42. The van der Waals surface area contributed by atoms with E-state index in [4.69, 9.17) is 15.1 Å². The standard InChI is InChI=1S/C27H24N6O5S2/c34-19-5-3-4-18(16-19)23-24(32-14-15-39-27(32)31-23)21-11-12-28-26(29-21)30-22-6-1-2-13-33(22)40(37,38)20-9-7-17(8-10-20)25(35)36/h3-5,7-12,14-16,22,34H,1-2,6,13H2,(H,35,36)(H,28,29,30)/t22-/m1/s1. The minimum Gasteiger partial charge on any atom is -0.508 e. The number of carboxylic acid groups (broad SMARTS) is 1. The zero-order valence-corrected chi connectivity index (χ0v) is 22.6. The lowest BCUT2D eigenvalue weighted by Gasteiger charge is -2.35. The topological polar surface area (TPSA) is 150 Å². The molecule has 40 heavy (non-hydrogen) atoms. The Morgan fingerprint density at radius 2 is 1.90 bits per heavy atom. The number of aromatic nitrogens is 4. The molecule has 0 radical (unpaired) electrons. The lowest BCUT2D eigenvalue weighted by Crippen LogP contribution is -2.48. The summed E-state index contributed by atoms with van der Waals surface area (Å²) in [4.78, 5) is 25.9. The number of nitrogens with zero attached hydrogens (tertiary/aromatic N) is 5. The molecule has 0 bridgehead atoms. The number of nitrogens with one attached hydrogen (secondary N) is 1. The highest BCUT2D eigenvalue weighted by molar-refractivity contribution is 7.89. The average Bonchev–Trinajstić information content (AvgIpc) is 3.55. The van der Waals surface area contributed by atoms with E-state index in [0.29, 0.717) is 30.8 Å². The number of aromatic carboxylic acids is 1. The van der Waals surface area contributed by atoms with Crippen molar-refractivity contribution in [2.75, 3.05) is 11.9 Å². The van der Waals surface area contributed by atoms with Gasteiger partial charge in [-0.3, -0.25) is 4.40 Å². The summed E-state index contributed by atoms with van der Waals surface area (Å²) in [6, 6.07) is 13.8. The lowest BCUT2D eigenvalue weighted by atomic mass is 10.1. The third-order valence-electron chi connectivity index (χ3n) is 6.74. The van der Waals surface area contributed by atoms with E-state index in [1.807, 2.05) is 22.0 Å². The van der Waals surface area contributed by atoms with Crippen molar-refractivity contribution in [2.24, 2.45) is 0 Å². The summed E-state index contributed by atoms with van der Waals surface area (Å²) < 4.78 is 30.4. The monoisotopic (exact) mass is 576 g/mol. The van der Waals surface area contributed by atoms with Gasteiger partial charge in [-0.25, -0.2) is 28.2 Å². The van der Waals surface area contributed by atoms with Gasteiger partial charge in [0.15, 0.2) is 4.96 Å². The fourth-order valence-corrected chi connectivity index (χ4v) is 7.16. The molecule has 5 aromatic rings. The summed E-state index contributed by atoms with van der Waals surface area (Å²) in [7, 11) is -3.91. The first-order valence-electron chi connectivity index (χ1n) is 12.5. The molecule has 11 nitrogen and oxygen atoms in total. The number of anilines is 1. The largest absolute Gasteiger partial charge is 0.508 e. The molecule has 3 aromatic heterocycles. The second-order valence-corrected chi connectivity index (χ2v) is 12.0. The summed E-state index contributed by atoms with van der Waals surface area (Å²) in [5, 5.41) is 24.4. The molecular formula is C27H24N6O5S2. The number of fused-ring (bicyclic) bond motifs is 1. The molecule has 0 unspecified atom stereocenters. The number of hydrogen-bond donors (Lipinski definition) is 3. The van der Waals surface area contributed by atoms with Crippen LogP contribution < -0.4 is 5.32 Å². The molecule has 13 heteroatoms. The van der Waals surface area contributed by atoms with Gasteiger partial charge in [-0.2, -0.15) is 4.31 Å². The van der Waals surface area contributed by atoms with Crippen LogP contribution in [0.1, 0.15) is 29.6 Å². The Morgan fingerprint density at radius 1 is 1.07 bits per heavy atom. The van der Waals surface area contributed by atoms with Crippen molar-refractivity contribution in [3.8, 4) is 28.4 Å². The van der Waals surface area contributed by atoms with Gasteiger partial charge in [-0.15, -0.1) is 11.3 Å². The summed E-state index contributed by atoms with van der Waals surface area (Å²) >= 11 is 1.48. The van der Waals surface area contributed by atoms with Crippen molar-refractivity contribution >= 4 is 38.2 Å². The van der Waals surface area contributed by atoms with E-state index < -0.39 is 22.2 Å². The molecule has 0 saturated carbocycles. The number of imidazole rings is 1. The second-order valence-electron chi connectivity index (χ2n) is 9.28. The number of benzene rings is 2. The zero-order chi connectivity index (χ0) is 27.9. The van der Waals surface area contributed by atoms with Crippen molar-refractivity contribution in [1.29, 1.82) is 0 Å². The predicted molar refractivity (Wildman–Crippen MR) is 150 cm³/mol. The number of rotatable bonds is 7. The number of carboxylic acids is 1. The van der Waals surface area contributed by atoms with Gasteiger partial charge >= 0.3 is 5.97 Å². The van der Waals surface area contributed by atoms with E-state index in [2.05, 4.69) is 10.3 Å². The molecule has 1 aliphatic heterocycles. The van der Waals surface area contributed by atoms with Crippen LogP contribution >= 0.6 is 11.3 Å². The molecule has 6 rings (SSSR count). The van der Waals surface area contributed by atoms with Gasteiger partial charge in [0.2, 0.25) is 16.0 Å². The highest BCUT2D eigenvalue weighted by Gasteiger charge is 2.34. The maximum atomic E-state index is 13.5. The highest BCUT2D eigenvalue weighted by atomic mass is 32.2. The quantitative estimate of drug-likeness (QED) is 0.254. The number of hydrogen-bond acceptors (Lipinski definition) is 9. The molecule has 4 heterocycles. The van der Waals surface area contributed by atoms with E-state index in [-0.39, 0.29) is 22.2 Å². The van der Waals surface area contributed by atoms with Crippen molar-refractivity contribution in [3.05, 3.63) is 77.9 Å². The Morgan fingerprint density at radius 3 is 2.67 bits per heavy atom. The summed E-state index contributed by atoms with van der Waals surface area (Å²) in [5.74, 6) is -0.734. The molecule has 1 aliphatic rings. The van der Waals surface area contributed by atoms with Gasteiger partial charge in [0.25, 0.3) is 0 Å². The Bertz CT molecular complexity index is 1820. The molecule has 2 aromatic carbocycles. The maximum absolute atomic E-state index is 13.5. The molecule has 1 atom stereocenters. The molecule has 1 saturated heterocycles. The molecule has 0 spiro atoms. The van der Waals surface area contributed by atoms with E-state index in [1.54, 1.807) is 30.5 Å². The van der Waals surface area contributed by atoms with E-state index in [1.165, 1.54) is 39.9 Å². The van der Waals surface area contributed by atoms with Crippen LogP contribution in [0.2, 0.25) is 0 Å². The van der Waals surface area contributed by atoms with E-state index in [9.17, 15) is 18.3 Å².